The molecular formula is C39H50ClN3O7. The second-order valence-corrected chi connectivity index (χ2v) is 15.4. The molecule has 2 aromatic carbocycles. The van der Waals surface area contributed by atoms with E-state index < -0.39 is 23.9 Å². The van der Waals surface area contributed by atoms with Crippen molar-refractivity contribution < 1.29 is 34.0 Å². The van der Waals surface area contributed by atoms with Gasteiger partial charge in [-0.3, -0.25) is 9.69 Å². The molecule has 2 aliphatic carbocycles. The van der Waals surface area contributed by atoms with E-state index in [1.807, 2.05) is 6.07 Å². The number of nitrogens with zero attached hydrogens (tertiary/aromatic N) is 3. The maximum Gasteiger partial charge on any atom is 0.340 e. The number of hydrogen-bond acceptors (Lipinski definition) is 8. The molecule has 50 heavy (non-hydrogen) atoms. The fraction of sp³-hybridized carbons (Fsp3) is 0.590. The summed E-state index contributed by atoms with van der Waals surface area (Å²) >= 11 is 6.46. The van der Waals surface area contributed by atoms with Crippen molar-refractivity contribution in [3.05, 3.63) is 70.3 Å². The normalized spacial score (nSPS) is 31.2. The van der Waals surface area contributed by atoms with E-state index in [0.717, 1.165) is 82.2 Å². The third-order valence-corrected chi connectivity index (χ3v) is 12.1. The Balaban J connectivity index is 1.25. The first-order chi connectivity index (χ1) is 24.1. The molecule has 10 nitrogen and oxygen atoms in total. The number of amides is 1. The average molecular weight is 708 g/mol. The molecule has 0 aromatic heterocycles. The van der Waals surface area contributed by atoms with Crippen molar-refractivity contribution in [2.75, 3.05) is 77.6 Å². The smallest absolute Gasteiger partial charge is 0.340 e. The minimum absolute atomic E-state index is 0.0543. The fourth-order valence-corrected chi connectivity index (χ4v) is 8.85. The number of fused-ring (bicyclic) bond motifs is 4. The Hall–Kier alpha value is -3.15. The van der Waals surface area contributed by atoms with Crippen LogP contribution in [0.1, 0.15) is 55.2 Å². The second kappa shape index (κ2) is 14.8. The summed E-state index contributed by atoms with van der Waals surface area (Å²) in [5.41, 5.74) is 0.729. The van der Waals surface area contributed by atoms with Crippen LogP contribution in [0.3, 0.4) is 0 Å². The summed E-state index contributed by atoms with van der Waals surface area (Å²) in [5, 5.41) is 22.8. The van der Waals surface area contributed by atoms with E-state index in [9.17, 15) is 19.8 Å². The van der Waals surface area contributed by atoms with Crippen LogP contribution in [0.4, 0.5) is 5.69 Å². The Morgan fingerprint density at radius 2 is 1.96 bits per heavy atom. The van der Waals surface area contributed by atoms with Crippen molar-refractivity contribution >= 4 is 29.2 Å². The maximum atomic E-state index is 13.4. The van der Waals surface area contributed by atoms with Crippen molar-refractivity contribution in [1.29, 1.82) is 0 Å². The number of morpholine rings is 1. The Labute approximate surface area is 299 Å². The number of anilines is 1. The van der Waals surface area contributed by atoms with Crippen LogP contribution < -0.4 is 9.64 Å². The van der Waals surface area contributed by atoms with Crippen LogP contribution in [-0.2, 0) is 36.5 Å². The topological polar surface area (TPSA) is 112 Å². The molecule has 0 radical (unpaired) electrons. The van der Waals surface area contributed by atoms with Gasteiger partial charge in [-0.1, -0.05) is 35.9 Å². The van der Waals surface area contributed by atoms with E-state index in [-0.39, 0.29) is 17.1 Å². The largest absolute Gasteiger partial charge is 0.490 e. The van der Waals surface area contributed by atoms with Gasteiger partial charge in [0.25, 0.3) is 0 Å². The molecule has 5 aliphatic rings. The lowest BCUT2D eigenvalue weighted by molar-refractivity contribution is -0.164. The lowest BCUT2D eigenvalue weighted by Gasteiger charge is -2.46. The molecular weight excluding hydrogens is 658 g/mol. The number of ether oxygens (including phenoxy) is 3. The number of carboxylic acids is 1. The van der Waals surface area contributed by atoms with Gasteiger partial charge in [0.15, 0.2) is 5.60 Å². The van der Waals surface area contributed by atoms with Crippen LogP contribution in [0, 0.1) is 11.8 Å². The maximum absolute atomic E-state index is 13.4. The van der Waals surface area contributed by atoms with Gasteiger partial charge in [0.2, 0.25) is 5.91 Å². The van der Waals surface area contributed by atoms with Gasteiger partial charge in [-0.25, -0.2) is 4.79 Å². The molecule has 2 N–H and O–H groups in total. The summed E-state index contributed by atoms with van der Waals surface area (Å²) < 4.78 is 18.8. The second-order valence-electron chi connectivity index (χ2n) is 15.0. The quantitative estimate of drug-likeness (QED) is 0.430. The highest BCUT2D eigenvalue weighted by atomic mass is 35.5. The third-order valence-electron chi connectivity index (χ3n) is 11.8. The van der Waals surface area contributed by atoms with Gasteiger partial charge in [0.05, 0.1) is 44.6 Å². The summed E-state index contributed by atoms with van der Waals surface area (Å²) in [7, 11) is 1.65. The first-order valence-electron chi connectivity index (χ1n) is 18.2. The Bertz CT molecular complexity index is 1600. The lowest BCUT2D eigenvalue weighted by Crippen LogP contribution is -2.50. The number of halogens is 1. The van der Waals surface area contributed by atoms with E-state index in [1.54, 1.807) is 25.2 Å². The van der Waals surface area contributed by atoms with Gasteiger partial charge >= 0.3 is 5.97 Å². The monoisotopic (exact) mass is 707 g/mol. The number of carbonyl (C=O) groups excluding carboxylic acids is 1. The summed E-state index contributed by atoms with van der Waals surface area (Å²) in [5.74, 6) is -0.593. The molecule has 1 spiro atoms. The molecule has 0 unspecified atom stereocenters. The highest BCUT2D eigenvalue weighted by molar-refractivity contribution is 6.30. The molecule has 270 valence electrons. The molecule has 11 heteroatoms. The van der Waals surface area contributed by atoms with E-state index in [2.05, 4.69) is 34.1 Å². The van der Waals surface area contributed by atoms with Gasteiger partial charge in [0.1, 0.15) is 5.75 Å². The van der Waals surface area contributed by atoms with Gasteiger partial charge in [0, 0.05) is 56.8 Å². The zero-order valence-corrected chi connectivity index (χ0v) is 29.8. The van der Waals surface area contributed by atoms with Gasteiger partial charge in [-0.05, 0) is 91.3 Å². The first-order valence-corrected chi connectivity index (χ1v) is 18.6. The van der Waals surface area contributed by atoms with Gasteiger partial charge in [-0.15, -0.1) is 0 Å². The van der Waals surface area contributed by atoms with Gasteiger partial charge in [-0.2, -0.15) is 0 Å². The molecule has 1 amide bonds. The minimum atomic E-state index is -2.39. The highest BCUT2D eigenvalue weighted by Crippen LogP contribution is 2.48. The van der Waals surface area contributed by atoms with E-state index >= 15 is 0 Å². The van der Waals surface area contributed by atoms with E-state index in [4.69, 9.17) is 25.8 Å². The predicted molar refractivity (Wildman–Crippen MR) is 191 cm³/mol. The van der Waals surface area contributed by atoms with Gasteiger partial charge < -0.3 is 34.2 Å². The zero-order chi connectivity index (χ0) is 34.9. The number of aryl methyl sites for hydroxylation is 1. The molecule has 7 rings (SSSR count). The number of hydrogen-bond donors (Lipinski definition) is 2. The minimum Gasteiger partial charge on any atom is -0.490 e. The van der Waals surface area contributed by atoms with Crippen LogP contribution in [0.15, 0.2) is 48.6 Å². The van der Waals surface area contributed by atoms with Crippen LogP contribution in [0.2, 0.25) is 5.02 Å². The molecule has 2 fully saturated rings. The molecule has 2 aromatic rings. The lowest BCUT2D eigenvalue weighted by atomic mass is 9.68. The van der Waals surface area contributed by atoms with Crippen molar-refractivity contribution in [3.8, 4) is 5.75 Å². The van der Waals surface area contributed by atoms with E-state index in [0.29, 0.717) is 50.3 Å². The molecule has 1 saturated carbocycles. The van der Waals surface area contributed by atoms with Crippen LogP contribution in [0.5, 0.6) is 5.75 Å². The Morgan fingerprint density at radius 1 is 1.12 bits per heavy atom. The Kier molecular flexibility index (Phi) is 10.5. The molecule has 1 saturated heterocycles. The van der Waals surface area contributed by atoms with Crippen LogP contribution in [-0.4, -0.2) is 111 Å². The Morgan fingerprint density at radius 3 is 2.74 bits per heavy atom. The number of carboxylic acid groups (broad SMARTS) is 1. The predicted octanol–water partition coefficient (Wildman–Crippen LogP) is 4.64. The zero-order valence-electron chi connectivity index (χ0n) is 29.0. The number of benzene rings is 2. The summed E-state index contributed by atoms with van der Waals surface area (Å²) in [6.45, 7) is 7.13. The molecule has 5 atom stereocenters. The highest BCUT2D eigenvalue weighted by Gasteiger charge is 2.46. The first kappa shape index (κ1) is 35.3. The van der Waals surface area contributed by atoms with E-state index in [1.165, 1.54) is 16.0 Å². The molecule has 3 aliphatic heterocycles. The standard InChI is InChI=1S/C39H50ClN3O7/c1-41-14-3-2-6-34(49-20-17-42-15-18-48-19-16-42)31-10-7-28(31)24-43-25-38(13-4-5-27-21-30(40)9-11-32(27)38)26-50-35-12-8-29(22-33(35)43)39(47,37(45)46)23-36(41)44/h2,6,8-9,11-12,21-22,28,31,34,47H,3-5,7,10,13-20,23-26H2,1H3,(H,45,46)/b6-2+/t28-,31+,34-,38-,39+/m0/s1. The third kappa shape index (κ3) is 7.15. The van der Waals surface area contributed by atoms with Crippen LogP contribution >= 0.6 is 11.6 Å². The SMILES string of the molecule is CN1CC/C=C/[C@H](OCCN2CCOCC2)[C@@H]2CC[C@H]2CN2C[C@@]3(CCCc4cc(Cl)ccc43)COc3ccc(cc32)[C@@](O)(C(=O)O)CC1=O. The van der Waals surface area contributed by atoms with Crippen molar-refractivity contribution in [2.45, 2.75) is 62.1 Å². The number of aliphatic carboxylic acids is 1. The number of carbonyl (C=O) groups is 2. The molecule has 3 heterocycles. The van der Waals surface area contributed by atoms with Crippen LogP contribution in [0.25, 0.3) is 0 Å². The molecule has 2 bridgehead atoms. The van der Waals surface area contributed by atoms with Crippen molar-refractivity contribution in [1.82, 2.24) is 9.80 Å². The number of rotatable bonds is 5. The summed E-state index contributed by atoms with van der Waals surface area (Å²) in [6.07, 6.45) is 9.27. The van der Waals surface area contributed by atoms with Crippen molar-refractivity contribution in [2.24, 2.45) is 11.8 Å². The number of aliphatic hydroxyl groups is 1. The average Bonchev–Trinajstić information content (AvgIpc) is 3.24. The summed E-state index contributed by atoms with van der Waals surface area (Å²) in [4.78, 5) is 32.3. The summed E-state index contributed by atoms with van der Waals surface area (Å²) in [6, 6.07) is 11.3. The van der Waals surface area contributed by atoms with Crippen molar-refractivity contribution in [3.63, 3.8) is 0 Å². The fourth-order valence-electron chi connectivity index (χ4n) is 8.65.